The van der Waals surface area contributed by atoms with Crippen molar-refractivity contribution >= 4 is 16.9 Å². The van der Waals surface area contributed by atoms with Crippen LogP contribution in [0.3, 0.4) is 0 Å². The Morgan fingerprint density at radius 3 is 2.64 bits per heavy atom. The van der Waals surface area contributed by atoms with Crippen molar-refractivity contribution in [3.8, 4) is 0 Å². The number of hydrogen-bond acceptors (Lipinski definition) is 3. The maximum absolute atomic E-state index is 12.3. The molecular weight excluding hydrogens is 300 g/mol. The lowest BCUT2D eigenvalue weighted by Gasteiger charge is -2.19. The molecule has 0 saturated heterocycles. The van der Waals surface area contributed by atoms with Crippen LogP contribution in [0, 0.1) is 5.92 Å². The second-order valence-corrected chi connectivity index (χ2v) is 7.75. The summed E-state index contributed by atoms with van der Waals surface area (Å²) in [6.45, 7) is 0. The van der Waals surface area contributed by atoms with E-state index in [4.69, 9.17) is 0 Å². The SMILES string of the molecule is O=C(O)C(CC1CCCC1)n1ncc([SH]2C=CC=C2)cc1=O. The van der Waals surface area contributed by atoms with Crippen molar-refractivity contribution in [2.24, 2.45) is 5.92 Å². The number of rotatable bonds is 5. The molecule has 0 radical (unpaired) electrons. The van der Waals surface area contributed by atoms with Crippen LogP contribution in [0.5, 0.6) is 0 Å². The Kier molecular flexibility index (Phi) is 4.47. The average molecular weight is 320 g/mol. The van der Waals surface area contributed by atoms with Crippen molar-refractivity contribution < 1.29 is 9.90 Å². The molecule has 22 heavy (non-hydrogen) atoms. The largest absolute Gasteiger partial charge is 0.480 e. The molecule has 0 aromatic carbocycles. The van der Waals surface area contributed by atoms with E-state index in [0.29, 0.717) is 12.3 Å². The van der Waals surface area contributed by atoms with Crippen molar-refractivity contribution in [2.45, 2.75) is 43.0 Å². The predicted molar refractivity (Wildman–Crippen MR) is 87.3 cm³/mol. The highest BCUT2D eigenvalue weighted by Crippen LogP contribution is 2.40. The Morgan fingerprint density at radius 1 is 1.36 bits per heavy atom. The molecule has 2 aliphatic rings. The van der Waals surface area contributed by atoms with Crippen LogP contribution in [0.1, 0.15) is 38.1 Å². The molecule has 118 valence electrons. The Bertz CT molecular complexity index is 662. The molecule has 2 heterocycles. The summed E-state index contributed by atoms with van der Waals surface area (Å²) in [5.74, 6) is -0.583. The maximum Gasteiger partial charge on any atom is 0.328 e. The Labute approximate surface area is 131 Å². The Morgan fingerprint density at radius 2 is 2.05 bits per heavy atom. The molecule has 1 aliphatic heterocycles. The highest BCUT2D eigenvalue weighted by Gasteiger charge is 2.28. The van der Waals surface area contributed by atoms with Crippen molar-refractivity contribution in [1.29, 1.82) is 0 Å². The zero-order valence-corrected chi connectivity index (χ0v) is 13.2. The second kappa shape index (κ2) is 6.52. The number of carbonyl (C=O) groups is 1. The van der Waals surface area contributed by atoms with Crippen LogP contribution < -0.4 is 5.56 Å². The third-order valence-corrected chi connectivity index (χ3v) is 6.15. The molecule has 1 aromatic rings. The minimum Gasteiger partial charge on any atom is -0.480 e. The molecular formula is C16H20N2O3S. The van der Waals surface area contributed by atoms with Crippen LogP contribution in [0.2, 0.25) is 0 Å². The molecule has 1 atom stereocenters. The summed E-state index contributed by atoms with van der Waals surface area (Å²) in [7, 11) is -0.601. The molecule has 0 amide bonds. The quantitative estimate of drug-likeness (QED) is 0.818. The smallest absolute Gasteiger partial charge is 0.328 e. The van der Waals surface area contributed by atoms with Gasteiger partial charge in [-0.3, -0.25) is 4.79 Å². The van der Waals surface area contributed by atoms with E-state index in [-0.39, 0.29) is 5.56 Å². The van der Waals surface area contributed by atoms with Gasteiger partial charge in [0, 0.05) is 11.0 Å². The van der Waals surface area contributed by atoms with Crippen LogP contribution in [-0.4, -0.2) is 20.9 Å². The van der Waals surface area contributed by atoms with Gasteiger partial charge in [0.15, 0.2) is 6.04 Å². The van der Waals surface area contributed by atoms with Gasteiger partial charge in [0.1, 0.15) is 0 Å². The molecule has 0 bridgehead atoms. The van der Waals surface area contributed by atoms with Crippen LogP contribution in [-0.2, 0) is 4.79 Å². The van der Waals surface area contributed by atoms with E-state index in [9.17, 15) is 14.7 Å². The maximum atomic E-state index is 12.3. The number of carboxylic acids is 1. The Balaban J connectivity index is 1.84. The van der Waals surface area contributed by atoms with Crippen LogP contribution in [0.15, 0.2) is 44.9 Å². The topological polar surface area (TPSA) is 72.2 Å². The Hall–Kier alpha value is -1.82. The van der Waals surface area contributed by atoms with Gasteiger partial charge in [-0.2, -0.15) is 16.0 Å². The lowest BCUT2D eigenvalue weighted by atomic mass is 9.98. The summed E-state index contributed by atoms with van der Waals surface area (Å²) in [4.78, 5) is 24.7. The fourth-order valence-corrected chi connectivity index (χ4v) is 4.61. The molecule has 1 fully saturated rings. The molecule has 1 N–H and O–H groups in total. The number of allylic oxidation sites excluding steroid dienone is 2. The normalized spacial score (nSPS) is 20.6. The van der Waals surface area contributed by atoms with Crippen molar-refractivity contribution in [3.63, 3.8) is 0 Å². The lowest BCUT2D eigenvalue weighted by molar-refractivity contribution is -0.142. The van der Waals surface area contributed by atoms with Gasteiger partial charge >= 0.3 is 5.97 Å². The minimum absolute atomic E-state index is 0.320. The summed E-state index contributed by atoms with van der Waals surface area (Å²) < 4.78 is 1.14. The van der Waals surface area contributed by atoms with Gasteiger partial charge < -0.3 is 5.11 Å². The molecule has 1 saturated carbocycles. The van der Waals surface area contributed by atoms with Crippen molar-refractivity contribution in [3.05, 3.63) is 45.6 Å². The zero-order valence-electron chi connectivity index (χ0n) is 12.3. The minimum atomic E-state index is -0.972. The number of thiol groups is 1. The van der Waals surface area contributed by atoms with E-state index in [2.05, 4.69) is 5.10 Å². The number of nitrogens with zero attached hydrogens (tertiary/aromatic N) is 2. The van der Waals surface area contributed by atoms with E-state index in [1.54, 1.807) is 6.20 Å². The summed E-state index contributed by atoms with van der Waals surface area (Å²) in [5, 5.41) is 17.7. The van der Waals surface area contributed by atoms with Crippen molar-refractivity contribution in [1.82, 2.24) is 9.78 Å². The standard InChI is InChI=1S/C16H20N2O3S/c19-15-10-13(22-7-3-4-8-22)11-17-18(15)14(16(20)21)9-12-5-1-2-6-12/h3-4,7-8,10-12,14,22H,1-2,5-6,9H2,(H,20,21). The van der Waals surface area contributed by atoms with Gasteiger partial charge in [0.2, 0.25) is 0 Å². The molecule has 0 spiro atoms. The van der Waals surface area contributed by atoms with Gasteiger partial charge in [-0.1, -0.05) is 37.8 Å². The lowest BCUT2D eigenvalue weighted by Crippen LogP contribution is -2.32. The second-order valence-electron chi connectivity index (χ2n) is 5.83. The number of aliphatic carboxylic acids is 1. The molecule has 1 unspecified atom stereocenters. The fraction of sp³-hybridized carbons (Fsp3) is 0.438. The third kappa shape index (κ3) is 3.16. The van der Waals surface area contributed by atoms with Gasteiger partial charge in [0.25, 0.3) is 5.56 Å². The van der Waals surface area contributed by atoms with E-state index < -0.39 is 22.9 Å². The van der Waals surface area contributed by atoms with E-state index >= 15 is 0 Å². The number of hydrogen-bond donors (Lipinski definition) is 2. The van der Waals surface area contributed by atoms with E-state index in [1.165, 1.54) is 6.07 Å². The summed E-state index contributed by atoms with van der Waals surface area (Å²) in [6.07, 6.45) is 10.5. The van der Waals surface area contributed by atoms with Gasteiger partial charge in [-0.05, 0) is 23.2 Å². The highest BCUT2D eigenvalue weighted by atomic mass is 32.2. The van der Waals surface area contributed by atoms with Crippen LogP contribution >= 0.6 is 10.9 Å². The number of aromatic nitrogens is 2. The van der Waals surface area contributed by atoms with Gasteiger partial charge in [0.05, 0.1) is 6.20 Å². The molecule has 6 heteroatoms. The van der Waals surface area contributed by atoms with Gasteiger partial charge in [-0.25, -0.2) is 9.48 Å². The highest BCUT2D eigenvalue weighted by molar-refractivity contribution is 8.22. The molecule has 1 aliphatic carbocycles. The average Bonchev–Trinajstić information content (AvgIpc) is 3.18. The first-order chi connectivity index (χ1) is 10.6. The molecule has 5 nitrogen and oxygen atoms in total. The van der Waals surface area contributed by atoms with Crippen molar-refractivity contribution in [2.75, 3.05) is 0 Å². The summed E-state index contributed by atoms with van der Waals surface area (Å²) >= 11 is 0. The summed E-state index contributed by atoms with van der Waals surface area (Å²) in [5.41, 5.74) is -0.320. The number of carboxylic acid groups (broad SMARTS) is 1. The molecule has 3 rings (SSSR count). The fourth-order valence-electron chi connectivity index (χ4n) is 3.16. The zero-order chi connectivity index (χ0) is 15.5. The third-order valence-electron chi connectivity index (χ3n) is 4.33. The van der Waals surface area contributed by atoms with Crippen LogP contribution in [0.4, 0.5) is 0 Å². The summed E-state index contributed by atoms with van der Waals surface area (Å²) in [6, 6.07) is 0.676. The monoisotopic (exact) mass is 320 g/mol. The molecule has 1 aromatic heterocycles. The van der Waals surface area contributed by atoms with Crippen LogP contribution in [0.25, 0.3) is 0 Å². The van der Waals surface area contributed by atoms with Gasteiger partial charge in [-0.15, -0.1) is 0 Å². The van der Waals surface area contributed by atoms with E-state index in [1.807, 2.05) is 23.0 Å². The first kappa shape index (κ1) is 15.1. The van der Waals surface area contributed by atoms with E-state index in [0.717, 1.165) is 35.3 Å². The first-order valence-electron chi connectivity index (χ1n) is 7.60. The first-order valence-corrected chi connectivity index (χ1v) is 9.08. The predicted octanol–water partition coefficient (Wildman–Crippen LogP) is 2.85.